The van der Waals surface area contributed by atoms with Crippen LogP contribution in [0.25, 0.3) is 0 Å². The Morgan fingerprint density at radius 2 is 2.50 bits per heavy atom. The Kier molecular flexibility index (Phi) is 3.32. The van der Waals surface area contributed by atoms with Gasteiger partial charge in [-0.2, -0.15) is 5.26 Å². The smallest absolute Gasteiger partial charge is 0.229 e. The molecule has 0 radical (unpaired) electrons. The zero-order valence-electron chi connectivity index (χ0n) is 8.64. The first kappa shape index (κ1) is 10.8. The Balaban J connectivity index is 1.96. The van der Waals surface area contributed by atoms with E-state index in [9.17, 15) is 4.79 Å². The van der Waals surface area contributed by atoms with Crippen molar-refractivity contribution in [2.24, 2.45) is 5.92 Å². The van der Waals surface area contributed by atoms with Gasteiger partial charge < -0.3 is 5.32 Å². The third-order valence-electron chi connectivity index (χ3n) is 2.49. The van der Waals surface area contributed by atoms with E-state index in [-0.39, 0.29) is 11.8 Å². The summed E-state index contributed by atoms with van der Waals surface area (Å²) in [7, 11) is 0. The third kappa shape index (κ3) is 2.47. The fourth-order valence-corrected chi connectivity index (χ4v) is 2.24. The predicted octanol–water partition coefficient (Wildman–Crippen LogP) is 2.31. The number of thiazole rings is 1. The van der Waals surface area contributed by atoms with Crippen molar-refractivity contribution in [1.29, 1.82) is 5.26 Å². The van der Waals surface area contributed by atoms with Crippen LogP contribution >= 0.6 is 11.3 Å². The van der Waals surface area contributed by atoms with Crippen LogP contribution in [0, 0.1) is 17.2 Å². The lowest BCUT2D eigenvalue weighted by molar-refractivity contribution is -0.120. The quantitative estimate of drug-likeness (QED) is 0.797. The third-order valence-corrected chi connectivity index (χ3v) is 3.30. The van der Waals surface area contributed by atoms with Gasteiger partial charge in [0.25, 0.3) is 0 Å². The van der Waals surface area contributed by atoms with Crippen LogP contribution in [-0.4, -0.2) is 10.9 Å². The van der Waals surface area contributed by atoms with Crippen LogP contribution in [0.1, 0.15) is 24.1 Å². The second kappa shape index (κ2) is 4.90. The Morgan fingerprint density at radius 3 is 3.12 bits per heavy atom. The first-order valence-electron chi connectivity index (χ1n) is 5.11. The highest BCUT2D eigenvalue weighted by Gasteiger charge is 2.19. The van der Waals surface area contributed by atoms with E-state index in [2.05, 4.69) is 16.4 Å². The molecule has 0 saturated carbocycles. The number of aromatic nitrogens is 1. The summed E-state index contributed by atoms with van der Waals surface area (Å²) in [6.07, 6.45) is 8.25. The van der Waals surface area contributed by atoms with Crippen LogP contribution in [0.3, 0.4) is 0 Å². The van der Waals surface area contributed by atoms with Gasteiger partial charge in [-0.3, -0.25) is 4.79 Å². The molecule has 0 fully saturated rings. The summed E-state index contributed by atoms with van der Waals surface area (Å²) in [5, 5.41) is 11.9. The number of anilines is 1. The zero-order valence-corrected chi connectivity index (χ0v) is 9.46. The fourth-order valence-electron chi connectivity index (χ4n) is 1.62. The Labute approximate surface area is 97.6 Å². The van der Waals surface area contributed by atoms with Crippen LogP contribution in [-0.2, 0) is 4.79 Å². The van der Waals surface area contributed by atoms with Crippen molar-refractivity contribution in [1.82, 2.24) is 4.98 Å². The maximum Gasteiger partial charge on any atom is 0.229 e. The average Bonchev–Trinajstić information content (AvgIpc) is 2.78. The molecule has 1 aromatic heterocycles. The Bertz CT molecular complexity index is 458. The number of amides is 1. The number of rotatable bonds is 2. The summed E-state index contributed by atoms with van der Waals surface area (Å²) in [5.74, 6) is 0.0441. The number of allylic oxidation sites excluding steroid dienone is 2. The molecule has 1 aliphatic rings. The lowest BCUT2D eigenvalue weighted by atomic mass is 9.94. The van der Waals surface area contributed by atoms with Gasteiger partial charge in [-0.15, -0.1) is 0 Å². The maximum atomic E-state index is 11.8. The van der Waals surface area contributed by atoms with E-state index in [4.69, 9.17) is 5.26 Å². The number of hydrogen-bond donors (Lipinski definition) is 1. The Morgan fingerprint density at radius 1 is 1.62 bits per heavy atom. The fraction of sp³-hybridized carbons (Fsp3) is 0.364. The van der Waals surface area contributed by atoms with Crippen molar-refractivity contribution in [3.05, 3.63) is 23.2 Å². The molecular weight excluding hydrogens is 222 g/mol. The van der Waals surface area contributed by atoms with Crippen molar-refractivity contribution < 1.29 is 4.79 Å². The SMILES string of the molecule is N#Cc1cnc(NC(=O)[C@H]2CC=CCC2)s1. The van der Waals surface area contributed by atoms with Gasteiger partial charge in [0.2, 0.25) is 5.91 Å². The van der Waals surface area contributed by atoms with E-state index >= 15 is 0 Å². The highest BCUT2D eigenvalue weighted by atomic mass is 32.1. The van der Waals surface area contributed by atoms with Gasteiger partial charge in [0.1, 0.15) is 10.9 Å². The van der Waals surface area contributed by atoms with Crippen molar-refractivity contribution in [2.75, 3.05) is 5.32 Å². The second-order valence-corrected chi connectivity index (χ2v) is 4.64. The number of nitriles is 1. The van der Waals surface area contributed by atoms with E-state index < -0.39 is 0 Å². The molecule has 2 rings (SSSR count). The minimum atomic E-state index is 0.00295. The van der Waals surface area contributed by atoms with E-state index in [0.717, 1.165) is 19.3 Å². The minimum Gasteiger partial charge on any atom is -0.302 e. The molecule has 4 nitrogen and oxygen atoms in total. The molecule has 1 amide bonds. The maximum absolute atomic E-state index is 11.8. The molecule has 0 bridgehead atoms. The van der Waals surface area contributed by atoms with E-state index in [0.29, 0.717) is 10.0 Å². The second-order valence-electron chi connectivity index (χ2n) is 3.61. The number of hydrogen-bond acceptors (Lipinski definition) is 4. The van der Waals surface area contributed by atoms with Crippen molar-refractivity contribution >= 4 is 22.4 Å². The standard InChI is InChI=1S/C11H11N3OS/c12-6-9-7-13-11(16-9)14-10(15)8-4-2-1-3-5-8/h1-2,7-8H,3-5H2,(H,13,14,15)/t8-/m0/s1. The zero-order chi connectivity index (χ0) is 11.4. The van der Waals surface area contributed by atoms with E-state index in [1.165, 1.54) is 17.5 Å². The molecule has 82 valence electrons. The molecule has 16 heavy (non-hydrogen) atoms. The summed E-state index contributed by atoms with van der Waals surface area (Å²) in [4.78, 5) is 16.3. The van der Waals surface area contributed by atoms with Gasteiger partial charge in [-0.25, -0.2) is 4.98 Å². The first-order valence-corrected chi connectivity index (χ1v) is 5.93. The van der Waals surface area contributed by atoms with Gasteiger partial charge in [0.05, 0.1) is 6.20 Å². The van der Waals surface area contributed by atoms with Crippen LogP contribution in [0.15, 0.2) is 18.3 Å². The molecule has 1 atom stereocenters. The molecule has 1 N–H and O–H groups in total. The summed E-state index contributed by atoms with van der Waals surface area (Å²) in [6, 6.07) is 1.99. The molecule has 0 spiro atoms. The van der Waals surface area contributed by atoms with E-state index in [1.807, 2.05) is 12.1 Å². The summed E-state index contributed by atoms with van der Waals surface area (Å²) in [5.41, 5.74) is 0. The predicted molar refractivity (Wildman–Crippen MR) is 61.9 cm³/mol. The number of carbonyl (C=O) groups excluding carboxylic acids is 1. The molecule has 0 aromatic carbocycles. The van der Waals surface area contributed by atoms with Gasteiger partial charge in [-0.05, 0) is 19.3 Å². The molecule has 5 heteroatoms. The minimum absolute atomic E-state index is 0.00295. The normalized spacial score (nSPS) is 19.1. The van der Waals surface area contributed by atoms with Crippen LogP contribution in [0.4, 0.5) is 5.13 Å². The number of nitrogens with one attached hydrogen (secondary N) is 1. The highest BCUT2D eigenvalue weighted by Crippen LogP contribution is 2.22. The summed E-state index contributed by atoms with van der Waals surface area (Å²) in [6.45, 7) is 0. The monoisotopic (exact) mass is 233 g/mol. The largest absolute Gasteiger partial charge is 0.302 e. The Hall–Kier alpha value is -1.67. The lowest BCUT2D eigenvalue weighted by Crippen LogP contribution is -2.23. The molecule has 0 aliphatic heterocycles. The van der Waals surface area contributed by atoms with Gasteiger partial charge in [0.15, 0.2) is 5.13 Å². The topological polar surface area (TPSA) is 65.8 Å². The van der Waals surface area contributed by atoms with Crippen molar-refractivity contribution in [3.8, 4) is 6.07 Å². The van der Waals surface area contributed by atoms with Gasteiger partial charge in [0, 0.05) is 5.92 Å². The molecule has 1 aromatic rings. The van der Waals surface area contributed by atoms with Gasteiger partial charge >= 0.3 is 0 Å². The van der Waals surface area contributed by atoms with Crippen molar-refractivity contribution in [3.63, 3.8) is 0 Å². The first-order chi connectivity index (χ1) is 7.79. The summed E-state index contributed by atoms with van der Waals surface area (Å²) < 4.78 is 0. The molecule has 0 saturated heterocycles. The molecule has 1 aliphatic carbocycles. The van der Waals surface area contributed by atoms with E-state index in [1.54, 1.807) is 0 Å². The summed E-state index contributed by atoms with van der Waals surface area (Å²) >= 11 is 1.20. The number of carbonyl (C=O) groups is 1. The lowest BCUT2D eigenvalue weighted by Gasteiger charge is -2.15. The van der Waals surface area contributed by atoms with Crippen molar-refractivity contribution in [2.45, 2.75) is 19.3 Å². The highest BCUT2D eigenvalue weighted by molar-refractivity contribution is 7.16. The molecule has 1 heterocycles. The molecule has 0 unspecified atom stereocenters. The average molecular weight is 233 g/mol. The van der Waals surface area contributed by atoms with Crippen LogP contribution < -0.4 is 5.32 Å². The van der Waals surface area contributed by atoms with Gasteiger partial charge in [-0.1, -0.05) is 23.5 Å². The number of nitrogens with zero attached hydrogens (tertiary/aromatic N) is 2. The van der Waals surface area contributed by atoms with Crippen LogP contribution in [0.5, 0.6) is 0 Å². The van der Waals surface area contributed by atoms with Crippen LogP contribution in [0.2, 0.25) is 0 Å². The molecular formula is C11H11N3OS.